The van der Waals surface area contributed by atoms with Crippen LogP contribution >= 0.6 is 0 Å². The second-order valence-electron chi connectivity index (χ2n) is 3.72. The minimum absolute atomic E-state index is 0.724. The van der Waals surface area contributed by atoms with Gasteiger partial charge in [-0.3, -0.25) is 0 Å². The zero-order valence-electron chi connectivity index (χ0n) is 9.05. The fraction of sp³-hybridized carbons (Fsp3) is 0. The van der Waals surface area contributed by atoms with E-state index in [1.165, 1.54) is 0 Å². The second kappa shape index (κ2) is 3.83. The average Bonchev–Trinajstić information content (AvgIpc) is 3.00. The van der Waals surface area contributed by atoms with Crippen LogP contribution in [0, 0.1) is 0 Å². The lowest BCUT2D eigenvalue weighted by atomic mass is 10.1. The van der Waals surface area contributed by atoms with Gasteiger partial charge in [-0.05, 0) is 36.4 Å². The van der Waals surface area contributed by atoms with Crippen molar-refractivity contribution in [2.24, 2.45) is 0 Å². The summed E-state index contributed by atoms with van der Waals surface area (Å²) in [6, 6.07) is 11.4. The van der Waals surface area contributed by atoms with Crippen molar-refractivity contribution in [3.05, 3.63) is 48.8 Å². The minimum Gasteiger partial charge on any atom is -0.453 e. The van der Waals surface area contributed by atoms with E-state index in [0.717, 1.165) is 28.6 Å². The van der Waals surface area contributed by atoms with Crippen molar-refractivity contribution >= 4 is 5.69 Å². The first-order valence-corrected chi connectivity index (χ1v) is 5.28. The number of rotatable bonds is 2. The van der Waals surface area contributed by atoms with Crippen LogP contribution in [-0.2, 0) is 0 Å². The third-order valence-corrected chi connectivity index (χ3v) is 2.53. The van der Waals surface area contributed by atoms with E-state index in [1.807, 2.05) is 36.4 Å². The molecule has 0 spiro atoms. The number of anilines is 1. The normalized spacial score (nSPS) is 10.6. The number of nitrogen functional groups attached to an aromatic ring is 1. The molecule has 17 heavy (non-hydrogen) atoms. The summed E-state index contributed by atoms with van der Waals surface area (Å²) in [6.45, 7) is 0. The fourth-order valence-corrected chi connectivity index (χ4v) is 1.67. The van der Waals surface area contributed by atoms with Crippen molar-refractivity contribution < 1.29 is 4.42 Å². The van der Waals surface area contributed by atoms with Crippen LogP contribution in [0.3, 0.4) is 0 Å². The van der Waals surface area contributed by atoms with Crippen molar-refractivity contribution in [2.75, 3.05) is 5.73 Å². The molecule has 3 rings (SSSR count). The summed E-state index contributed by atoms with van der Waals surface area (Å²) < 4.78 is 5.72. The van der Waals surface area contributed by atoms with E-state index in [-0.39, 0.29) is 0 Å². The Labute approximate surface area is 98.1 Å². The number of benzene rings is 1. The molecular formula is C13H11N3O. The van der Waals surface area contributed by atoms with Crippen LogP contribution in [0.15, 0.2) is 53.2 Å². The number of imidazole rings is 1. The molecule has 1 aromatic carbocycles. The second-order valence-corrected chi connectivity index (χ2v) is 3.72. The first-order valence-electron chi connectivity index (χ1n) is 5.28. The third-order valence-electron chi connectivity index (χ3n) is 2.53. The molecule has 0 aliphatic heterocycles. The van der Waals surface area contributed by atoms with Crippen molar-refractivity contribution in [1.29, 1.82) is 0 Å². The molecule has 0 amide bonds. The molecule has 2 heterocycles. The van der Waals surface area contributed by atoms with Gasteiger partial charge in [0, 0.05) is 23.6 Å². The maximum atomic E-state index is 5.72. The Balaban J connectivity index is 1.98. The van der Waals surface area contributed by atoms with Crippen LogP contribution in [0.5, 0.6) is 0 Å². The van der Waals surface area contributed by atoms with Crippen LogP contribution in [0.25, 0.3) is 22.9 Å². The number of aromatic amines is 1. The monoisotopic (exact) mass is 225 g/mol. The highest BCUT2D eigenvalue weighted by Crippen LogP contribution is 2.26. The summed E-state index contributed by atoms with van der Waals surface area (Å²) in [6.07, 6.45) is 3.46. The van der Waals surface area contributed by atoms with Gasteiger partial charge in [0.05, 0.1) is 0 Å². The third kappa shape index (κ3) is 1.80. The maximum absolute atomic E-state index is 5.72. The van der Waals surface area contributed by atoms with Gasteiger partial charge in [-0.25, -0.2) is 4.98 Å². The van der Waals surface area contributed by atoms with Gasteiger partial charge in [0.15, 0.2) is 11.6 Å². The average molecular weight is 225 g/mol. The van der Waals surface area contributed by atoms with Crippen LogP contribution in [0.1, 0.15) is 0 Å². The van der Waals surface area contributed by atoms with E-state index in [4.69, 9.17) is 10.2 Å². The van der Waals surface area contributed by atoms with E-state index in [0.29, 0.717) is 0 Å². The number of hydrogen-bond donors (Lipinski definition) is 2. The highest BCUT2D eigenvalue weighted by atomic mass is 16.3. The lowest BCUT2D eigenvalue weighted by Gasteiger charge is -1.97. The summed E-state index contributed by atoms with van der Waals surface area (Å²) in [7, 11) is 0. The van der Waals surface area contributed by atoms with Gasteiger partial charge < -0.3 is 15.1 Å². The molecule has 0 saturated heterocycles. The summed E-state index contributed by atoms with van der Waals surface area (Å²) in [5.41, 5.74) is 7.38. The summed E-state index contributed by atoms with van der Waals surface area (Å²) in [5, 5.41) is 0. The van der Waals surface area contributed by atoms with Gasteiger partial charge >= 0.3 is 0 Å². The van der Waals surface area contributed by atoms with Crippen LogP contribution in [-0.4, -0.2) is 9.97 Å². The number of nitrogens with one attached hydrogen (secondary N) is 1. The first kappa shape index (κ1) is 9.72. The Kier molecular flexibility index (Phi) is 2.19. The largest absolute Gasteiger partial charge is 0.453 e. The zero-order valence-corrected chi connectivity index (χ0v) is 9.05. The summed E-state index contributed by atoms with van der Waals surface area (Å²) in [5.74, 6) is 2.25. The maximum Gasteiger partial charge on any atom is 0.173 e. The molecule has 4 heteroatoms. The SMILES string of the molecule is Nc1ccc(-c2ccc(-c3ncc[nH]3)o2)cc1. The molecule has 0 fully saturated rings. The van der Waals surface area contributed by atoms with E-state index in [2.05, 4.69) is 9.97 Å². The van der Waals surface area contributed by atoms with Crippen LogP contribution < -0.4 is 5.73 Å². The number of hydrogen-bond acceptors (Lipinski definition) is 3. The van der Waals surface area contributed by atoms with E-state index >= 15 is 0 Å². The van der Waals surface area contributed by atoms with Gasteiger partial charge in [0.1, 0.15) is 5.76 Å². The van der Waals surface area contributed by atoms with Gasteiger partial charge in [-0.2, -0.15) is 0 Å². The standard InChI is InChI=1S/C13H11N3O/c14-10-3-1-9(2-4-10)11-5-6-12(17-11)13-15-7-8-16-13/h1-8H,14H2,(H,15,16). The fourth-order valence-electron chi connectivity index (χ4n) is 1.67. The van der Waals surface area contributed by atoms with Gasteiger partial charge in [0.25, 0.3) is 0 Å². The molecule has 2 aromatic heterocycles. The Bertz CT molecular complexity index is 608. The van der Waals surface area contributed by atoms with Crippen molar-refractivity contribution in [2.45, 2.75) is 0 Å². The molecule has 0 aliphatic carbocycles. The van der Waals surface area contributed by atoms with Crippen LogP contribution in [0.4, 0.5) is 5.69 Å². The van der Waals surface area contributed by atoms with Crippen molar-refractivity contribution in [1.82, 2.24) is 9.97 Å². The predicted octanol–water partition coefficient (Wildman–Crippen LogP) is 2.92. The lowest BCUT2D eigenvalue weighted by molar-refractivity contribution is 0.593. The van der Waals surface area contributed by atoms with Gasteiger partial charge in [-0.15, -0.1) is 0 Å². The predicted molar refractivity (Wildman–Crippen MR) is 66.1 cm³/mol. The van der Waals surface area contributed by atoms with Crippen molar-refractivity contribution in [3.63, 3.8) is 0 Å². The molecule has 0 atom stereocenters. The summed E-state index contributed by atoms with van der Waals surface area (Å²) in [4.78, 5) is 7.14. The zero-order chi connectivity index (χ0) is 11.7. The smallest absolute Gasteiger partial charge is 0.173 e. The number of aromatic nitrogens is 2. The van der Waals surface area contributed by atoms with Crippen molar-refractivity contribution in [3.8, 4) is 22.9 Å². The minimum atomic E-state index is 0.724. The Morgan fingerprint density at radius 3 is 2.47 bits per heavy atom. The highest BCUT2D eigenvalue weighted by molar-refractivity contribution is 5.63. The molecule has 3 N–H and O–H groups in total. The summed E-state index contributed by atoms with van der Waals surface area (Å²) >= 11 is 0. The molecule has 3 aromatic rings. The van der Waals surface area contributed by atoms with E-state index < -0.39 is 0 Å². The van der Waals surface area contributed by atoms with Gasteiger partial charge in [0.2, 0.25) is 0 Å². The van der Waals surface area contributed by atoms with Crippen LogP contribution in [0.2, 0.25) is 0 Å². The Morgan fingerprint density at radius 1 is 1.00 bits per heavy atom. The first-order chi connectivity index (χ1) is 8.33. The molecule has 0 saturated carbocycles. The molecule has 0 radical (unpaired) electrons. The number of furan rings is 1. The Morgan fingerprint density at radius 2 is 1.76 bits per heavy atom. The van der Waals surface area contributed by atoms with E-state index in [9.17, 15) is 0 Å². The number of H-pyrrole nitrogens is 1. The van der Waals surface area contributed by atoms with E-state index in [1.54, 1.807) is 12.4 Å². The quantitative estimate of drug-likeness (QED) is 0.659. The molecular weight excluding hydrogens is 214 g/mol. The Hall–Kier alpha value is -2.49. The highest BCUT2D eigenvalue weighted by Gasteiger charge is 2.07. The molecule has 0 unspecified atom stereocenters. The molecule has 0 bridgehead atoms. The molecule has 84 valence electrons. The number of nitrogens with two attached hydrogens (primary N) is 1. The van der Waals surface area contributed by atoms with Gasteiger partial charge in [-0.1, -0.05) is 0 Å². The number of nitrogens with zero attached hydrogens (tertiary/aromatic N) is 1. The topological polar surface area (TPSA) is 67.8 Å². The molecule has 0 aliphatic rings. The lowest BCUT2D eigenvalue weighted by Crippen LogP contribution is -1.82. The molecule has 4 nitrogen and oxygen atoms in total.